The van der Waals surface area contributed by atoms with E-state index in [1.165, 1.54) is 18.2 Å². The maximum Gasteiger partial charge on any atom is 0.573 e. The first-order valence-corrected chi connectivity index (χ1v) is 6.73. The first kappa shape index (κ1) is 15.5. The van der Waals surface area contributed by atoms with Crippen LogP contribution in [-0.2, 0) is 0 Å². The molecule has 21 heavy (non-hydrogen) atoms. The Morgan fingerprint density at radius 2 is 1.81 bits per heavy atom. The number of halogens is 4. The lowest BCUT2D eigenvalue weighted by Gasteiger charge is -2.16. The second kappa shape index (κ2) is 5.85. The highest BCUT2D eigenvalue weighted by Crippen LogP contribution is 2.35. The van der Waals surface area contributed by atoms with Gasteiger partial charge in [0.25, 0.3) is 0 Å². The predicted molar refractivity (Wildman–Crippen MR) is 79.7 cm³/mol. The molecule has 3 nitrogen and oxygen atoms in total. The van der Waals surface area contributed by atoms with E-state index in [1.807, 2.05) is 6.92 Å². The third-order valence-corrected chi connectivity index (χ3v) is 3.39. The van der Waals surface area contributed by atoms with E-state index in [2.05, 4.69) is 26.0 Å². The molecule has 2 rings (SSSR count). The fraction of sp³-hybridized carbons (Fsp3) is 0.143. The molecule has 0 atom stereocenters. The Balaban J connectivity index is 2.34. The van der Waals surface area contributed by atoms with Crippen LogP contribution in [0, 0.1) is 6.92 Å². The fourth-order valence-electron chi connectivity index (χ4n) is 1.72. The Hall–Kier alpha value is -1.89. The van der Waals surface area contributed by atoms with E-state index in [4.69, 9.17) is 5.73 Å². The Kier molecular flexibility index (Phi) is 4.32. The van der Waals surface area contributed by atoms with Crippen molar-refractivity contribution in [3.8, 4) is 5.75 Å². The SMILES string of the molecule is Cc1cc(Nc2ccccc2OC(F)(F)F)c(Br)cc1N. The van der Waals surface area contributed by atoms with E-state index >= 15 is 0 Å². The van der Waals surface area contributed by atoms with Gasteiger partial charge in [-0.25, -0.2) is 0 Å². The number of anilines is 3. The molecule has 0 radical (unpaired) electrons. The van der Waals surface area contributed by atoms with Crippen molar-refractivity contribution >= 4 is 33.0 Å². The van der Waals surface area contributed by atoms with Gasteiger partial charge in [0.2, 0.25) is 0 Å². The number of hydrogen-bond acceptors (Lipinski definition) is 3. The van der Waals surface area contributed by atoms with Crippen molar-refractivity contribution in [3.63, 3.8) is 0 Å². The molecule has 0 saturated carbocycles. The van der Waals surface area contributed by atoms with Gasteiger partial charge in [-0.1, -0.05) is 12.1 Å². The average Bonchev–Trinajstić information content (AvgIpc) is 2.36. The molecule has 112 valence electrons. The maximum absolute atomic E-state index is 12.4. The van der Waals surface area contributed by atoms with Crippen LogP contribution in [0.15, 0.2) is 40.9 Å². The standard InChI is InChI=1S/C14H12BrF3N2O/c1-8-6-12(9(15)7-10(8)19)20-11-4-2-3-5-13(11)21-14(16,17)18/h2-7,20H,19H2,1H3. The topological polar surface area (TPSA) is 47.3 Å². The summed E-state index contributed by atoms with van der Waals surface area (Å²) in [4.78, 5) is 0. The summed E-state index contributed by atoms with van der Waals surface area (Å²) in [7, 11) is 0. The monoisotopic (exact) mass is 360 g/mol. The summed E-state index contributed by atoms with van der Waals surface area (Å²) < 4.78 is 41.8. The van der Waals surface area contributed by atoms with Gasteiger partial charge in [0.1, 0.15) is 0 Å². The summed E-state index contributed by atoms with van der Waals surface area (Å²) in [5.74, 6) is -0.300. The van der Waals surface area contributed by atoms with Crippen LogP contribution in [0.25, 0.3) is 0 Å². The van der Waals surface area contributed by atoms with E-state index in [0.29, 0.717) is 15.8 Å². The largest absolute Gasteiger partial charge is 0.573 e. The van der Waals surface area contributed by atoms with Gasteiger partial charge >= 0.3 is 6.36 Å². The Bertz CT molecular complexity index is 659. The van der Waals surface area contributed by atoms with E-state index in [0.717, 1.165) is 5.56 Å². The number of rotatable bonds is 3. The normalized spacial score (nSPS) is 11.3. The van der Waals surface area contributed by atoms with Gasteiger partial charge in [-0.3, -0.25) is 0 Å². The van der Waals surface area contributed by atoms with E-state index < -0.39 is 6.36 Å². The van der Waals surface area contributed by atoms with Gasteiger partial charge in [-0.05, 0) is 52.7 Å². The molecule has 3 N–H and O–H groups in total. The number of alkyl halides is 3. The molecule has 0 saturated heterocycles. The van der Waals surface area contributed by atoms with Gasteiger partial charge in [0.05, 0.1) is 11.4 Å². The van der Waals surface area contributed by atoms with Crippen LogP contribution >= 0.6 is 15.9 Å². The van der Waals surface area contributed by atoms with Crippen LogP contribution in [0.1, 0.15) is 5.56 Å². The highest BCUT2D eigenvalue weighted by atomic mass is 79.9. The highest BCUT2D eigenvalue weighted by molar-refractivity contribution is 9.10. The van der Waals surface area contributed by atoms with E-state index in [-0.39, 0.29) is 11.4 Å². The van der Waals surface area contributed by atoms with Crippen molar-refractivity contribution in [1.29, 1.82) is 0 Å². The molecular formula is C14H12BrF3N2O. The summed E-state index contributed by atoms with van der Waals surface area (Å²) in [6.07, 6.45) is -4.74. The molecule has 2 aromatic carbocycles. The van der Waals surface area contributed by atoms with Gasteiger partial charge in [-0.15, -0.1) is 13.2 Å². The molecule has 0 unspecified atom stereocenters. The molecule has 0 heterocycles. The van der Waals surface area contributed by atoms with E-state index in [1.54, 1.807) is 18.2 Å². The predicted octanol–water partition coefficient (Wildman–Crippen LogP) is 4.98. The lowest BCUT2D eigenvalue weighted by Crippen LogP contribution is -2.17. The van der Waals surface area contributed by atoms with Crippen molar-refractivity contribution in [2.24, 2.45) is 0 Å². The first-order valence-electron chi connectivity index (χ1n) is 5.93. The summed E-state index contributed by atoms with van der Waals surface area (Å²) in [5, 5.41) is 2.90. The number of nitrogen functional groups attached to an aromatic ring is 1. The molecule has 0 aliphatic carbocycles. The Morgan fingerprint density at radius 1 is 1.14 bits per heavy atom. The summed E-state index contributed by atoms with van der Waals surface area (Å²) in [5.41, 5.74) is 7.97. The summed E-state index contributed by atoms with van der Waals surface area (Å²) in [6.45, 7) is 1.81. The second-order valence-electron chi connectivity index (χ2n) is 4.36. The maximum atomic E-state index is 12.4. The second-order valence-corrected chi connectivity index (χ2v) is 5.21. The van der Waals surface area contributed by atoms with Crippen LogP contribution < -0.4 is 15.8 Å². The molecule has 0 spiro atoms. The van der Waals surface area contributed by atoms with Gasteiger partial charge in [0, 0.05) is 10.2 Å². The number of benzene rings is 2. The zero-order valence-corrected chi connectivity index (χ0v) is 12.5. The Morgan fingerprint density at radius 3 is 2.48 bits per heavy atom. The molecule has 0 fully saturated rings. The number of ether oxygens (including phenoxy) is 1. The van der Waals surface area contributed by atoms with Crippen LogP contribution in [0.5, 0.6) is 5.75 Å². The molecule has 0 aliphatic rings. The number of hydrogen-bond donors (Lipinski definition) is 2. The quantitative estimate of drug-likeness (QED) is 0.758. The number of para-hydroxylation sites is 2. The zero-order valence-electron chi connectivity index (χ0n) is 11.0. The van der Waals surface area contributed by atoms with E-state index in [9.17, 15) is 13.2 Å². The van der Waals surface area contributed by atoms with Crippen molar-refractivity contribution < 1.29 is 17.9 Å². The molecule has 2 aromatic rings. The van der Waals surface area contributed by atoms with Gasteiger partial charge < -0.3 is 15.8 Å². The number of nitrogens with two attached hydrogens (primary N) is 1. The smallest absolute Gasteiger partial charge is 0.404 e. The third kappa shape index (κ3) is 4.04. The lowest BCUT2D eigenvalue weighted by atomic mass is 10.1. The zero-order chi connectivity index (χ0) is 15.6. The lowest BCUT2D eigenvalue weighted by molar-refractivity contribution is -0.274. The number of aryl methyl sites for hydroxylation is 1. The molecule has 0 aliphatic heterocycles. The molecular weight excluding hydrogens is 349 g/mol. The highest BCUT2D eigenvalue weighted by Gasteiger charge is 2.32. The summed E-state index contributed by atoms with van der Waals surface area (Å²) >= 11 is 3.32. The minimum atomic E-state index is -4.74. The minimum absolute atomic E-state index is 0.208. The molecule has 0 bridgehead atoms. The van der Waals surface area contributed by atoms with Crippen LogP contribution in [0.4, 0.5) is 30.2 Å². The van der Waals surface area contributed by atoms with Crippen molar-refractivity contribution in [2.45, 2.75) is 13.3 Å². The van der Waals surface area contributed by atoms with Gasteiger partial charge in [-0.2, -0.15) is 0 Å². The molecule has 7 heteroatoms. The van der Waals surface area contributed by atoms with Crippen LogP contribution in [0.2, 0.25) is 0 Å². The first-order chi connectivity index (χ1) is 9.76. The fourth-order valence-corrected chi connectivity index (χ4v) is 2.18. The average molecular weight is 361 g/mol. The number of nitrogens with one attached hydrogen (secondary N) is 1. The van der Waals surface area contributed by atoms with Crippen molar-refractivity contribution in [3.05, 3.63) is 46.4 Å². The summed E-state index contributed by atoms with van der Waals surface area (Å²) in [6, 6.07) is 9.25. The van der Waals surface area contributed by atoms with Crippen molar-refractivity contribution in [2.75, 3.05) is 11.1 Å². The van der Waals surface area contributed by atoms with Crippen LogP contribution in [0.3, 0.4) is 0 Å². The van der Waals surface area contributed by atoms with Gasteiger partial charge in [0.15, 0.2) is 5.75 Å². The third-order valence-electron chi connectivity index (χ3n) is 2.74. The molecule has 0 amide bonds. The van der Waals surface area contributed by atoms with Crippen LogP contribution in [-0.4, -0.2) is 6.36 Å². The van der Waals surface area contributed by atoms with Crippen molar-refractivity contribution in [1.82, 2.24) is 0 Å². The Labute approximate surface area is 128 Å². The molecule has 0 aromatic heterocycles. The minimum Gasteiger partial charge on any atom is -0.404 e.